The molecule has 0 aliphatic heterocycles. The zero-order chi connectivity index (χ0) is 17.7. The van der Waals surface area contributed by atoms with Gasteiger partial charge in [0.15, 0.2) is 0 Å². The molecule has 0 atom stereocenters. The van der Waals surface area contributed by atoms with Crippen molar-refractivity contribution in [1.82, 2.24) is 9.97 Å². The lowest BCUT2D eigenvalue weighted by Gasteiger charge is -2.11. The molecule has 0 fully saturated rings. The number of carbonyl (C=O) groups excluding carboxylic acids is 1. The van der Waals surface area contributed by atoms with E-state index in [0.29, 0.717) is 0 Å². The van der Waals surface area contributed by atoms with Crippen LogP contribution in [0.2, 0.25) is 0 Å². The Balaban J connectivity index is 2.11. The van der Waals surface area contributed by atoms with Crippen LogP contribution in [-0.4, -0.2) is 30.2 Å². The normalized spacial score (nSPS) is 10.9. The van der Waals surface area contributed by atoms with Crippen molar-refractivity contribution in [2.24, 2.45) is 0 Å². The number of rotatable bonds is 4. The van der Waals surface area contributed by atoms with Crippen molar-refractivity contribution >= 4 is 17.7 Å². The highest BCUT2D eigenvalue weighted by Gasteiger charge is 2.30. The summed E-state index contributed by atoms with van der Waals surface area (Å²) in [6.45, 7) is 0. The number of benzene rings is 1. The molecule has 24 heavy (non-hydrogen) atoms. The third-order valence-electron chi connectivity index (χ3n) is 2.77. The van der Waals surface area contributed by atoms with Gasteiger partial charge >= 0.3 is 12.2 Å². The van der Waals surface area contributed by atoms with E-state index in [1.807, 2.05) is 0 Å². The van der Waals surface area contributed by atoms with Crippen molar-refractivity contribution in [3.05, 3.63) is 35.9 Å². The van der Waals surface area contributed by atoms with Gasteiger partial charge in [0.2, 0.25) is 17.7 Å². The highest BCUT2D eigenvalue weighted by atomic mass is 19.4. The summed E-state index contributed by atoms with van der Waals surface area (Å²) in [5.41, 5.74) is -0.906. The molecule has 0 aliphatic rings. The Morgan fingerprint density at radius 2 is 1.67 bits per heavy atom. The van der Waals surface area contributed by atoms with E-state index in [1.54, 1.807) is 0 Å². The lowest BCUT2D eigenvalue weighted by molar-refractivity contribution is -0.137. The number of nitrogens with one attached hydrogen (secondary N) is 2. The number of urea groups is 1. The zero-order valence-electron chi connectivity index (χ0n) is 12.6. The highest BCUT2D eigenvalue weighted by Crippen LogP contribution is 2.30. The number of aromatic nitrogens is 2. The first-order valence-electron chi connectivity index (χ1n) is 6.54. The first kappa shape index (κ1) is 17.3. The number of ether oxygens (including phenoxy) is 2. The number of nitrogens with zero attached hydrogens (tertiary/aromatic N) is 2. The first-order valence-corrected chi connectivity index (χ1v) is 6.54. The monoisotopic (exact) mass is 342 g/mol. The van der Waals surface area contributed by atoms with E-state index in [9.17, 15) is 18.0 Å². The molecule has 0 unspecified atom stereocenters. The summed E-state index contributed by atoms with van der Waals surface area (Å²) in [6, 6.07) is 4.80. The van der Waals surface area contributed by atoms with Gasteiger partial charge in [-0.3, -0.25) is 5.32 Å². The lowest BCUT2D eigenvalue weighted by atomic mass is 10.2. The molecule has 128 valence electrons. The fraction of sp³-hybridized carbons (Fsp3) is 0.214. The average Bonchev–Trinajstić information content (AvgIpc) is 2.53. The Bertz CT molecular complexity index is 715. The van der Waals surface area contributed by atoms with Crippen molar-refractivity contribution in [3.63, 3.8) is 0 Å². The number of methoxy groups -OCH3 is 2. The van der Waals surface area contributed by atoms with Gasteiger partial charge in [-0.1, -0.05) is 6.07 Å². The van der Waals surface area contributed by atoms with Crippen molar-refractivity contribution in [1.29, 1.82) is 0 Å². The van der Waals surface area contributed by atoms with E-state index >= 15 is 0 Å². The molecule has 1 aromatic heterocycles. The molecule has 2 N–H and O–H groups in total. The summed E-state index contributed by atoms with van der Waals surface area (Å²) in [5, 5.41) is 4.55. The average molecular weight is 342 g/mol. The largest absolute Gasteiger partial charge is 0.481 e. The van der Waals surface area contributed by atoms with E-state index in [1.165, 1.54) is 32.4 Å². The molecule has 0 bridgehead atoms. The first-order chi connectivity index (χ1) is 11.3. The minimum absolute atomic E-state index is 0.0304. The van der Waals surface area contributed by atoms with E-state index in [0.717, 1.165) is 12.1 Å². The molecular formula is C14H13F3N4O3. The lowest BCUT2D eigenvalue weighted by Crippen LogP contribution is -2.21. The highest BCUT2D eigenvalue weighted by molar-refractivity contribution is 5.98. The van der Waals surface area contributed by atoms with Gasteiger partial charge in [-0.15, -0.1) is 0 Å². The van der Waals surface area contributed by atoms with E-state index in [2.05, 4.69) is 20.6 Å². The van der Waals surface area contributed by atoms with Crippen LogP contribution in [-0.2, 0) is 6.18 Å². The van der Waals surface area contributed by atoms with Gasteiger partial charge < -0.3 is 14.8 Å². The molecule has 10 heteroatoms. The number of halogens is 3. The second-order valence-corrected chi connectivity index (χ2v) is 4.43. The molecule has 1 heterocycles. The fourth-order valence-corrected chi connectivity index (χ4v) is 1.71. The van der Waals surface area contributed by atoms with Crippen LogP contribution in [0.3, 0.4) is 0 Å². The van der Waals surface area contributed by atoms with Crippen molar-refractivity contribution < 1.29 is 27.4 Å². The number of alkyl halides is 3. The molecule has 0 saturated heterocycles. The maximum absolute atomic E-state index is 12.6. The molecule has 7 nitrogen and oxygen atoms in total. The SMILES string of the molecule is COc1cc(OC)nc(NC(=O)Nc2cccc(C(F)(F)F)c2)n1. The summed E-state index contributed by atoms with van der Waals surface area (Å²) >= 11 is 0. The fourth-order valence-electron chi connectivity index (χ4n) is 1.71. The predicted octanol–water partition coefficient (Wildman–Crippen LogP) is 3.16. The Labute approximate surface area is 134 Å². The molecule has 2 aromatic rings. The molecule has 0 spiro atoms. The van der Waals surface area contributed by atoms with Crippen LogP contribution < -0.4 is 20.1 Å². The van der Waals surface area contributed by atoms with Crippen LogP contribution in [0, 0.1) is 0 Å². The quantitative estimate of drug-likeness (QED) is 0.891. The summed E-state index contributed by atoms with van der Waals surface area (Å²) in [4.78, 5) is 19.6. The smallest absolute Gasteiger partial charge is 0.416 e. The molecule has 2 rings (SSSR count). The Morgan fingerprint density at radius 3 is 2.21 bits per heavy atom. The molecule has 0 radical (unpaired) electrons. The predicted molar refractivity (Wildman–Crippen MR) is 79.2 cm³/mol. The number of amides is 2. The van der Waals surface area contributed by atoms with Gasteiger partial charge in [0.05, 0.1) is 25.8 Å². The molecular weight excluding hydrogens is 329 g/mol. The van der Waals surface area contributed by atoms with Crippen LogP contribution >= 0.6 is 0 Å². The maximum Gasteiger partial charge on any atom is 0.416 e. The van der Waals surface area contributed by atoms with E-state index < -0.39 is 17.8 Å². The maximum atomic E-state index is 12.6. The zero-order valence-corrected chi connectivity index (χ0v) is 12.6. The molecule has 2 amide bonds. The minimum atomic E-state index is -4.50. The summed E-state index contributed by atoms with van der Waals surface area (Å²) in [5.74, 6) is 0.170. The third-order valence-corrected chi connectivity index (χ3v) is 2.77. The van der Waals surface area contributed by atoms with Crippen LogP contribution in [0.5, 0.6) is 11.8 Å². The van der Waals surface area contributed by atoms with Gasteiger partial charge in [-0.25, -0.2) is 4.79 Å². The number of anilines is 2. The van der Waals surface area contributed by atoms with Gasteiger partial charge in [0, 0.05) is 5.69 Å². The second kappa shape index (κ2) is 7.02. The van der Waals surface area contributed by atoms with Crippen LogP contribution in [0.1, 0.15) is 5.56 Å². The molecule has 0 aliphatic carbocycles. The van der Waals surface area contributed by atoms with Gasteiger partial charge in [-0.05, 0) is 18.2 Å². The van der Waals surface area contributed by atoms with Crippen molar-refractivity contribution in [2.45, 2.75) is 6.18 Å². The summed E-state index contributed by atoms with van der Waals surface area (Å²) < 4.78 is 47.8. The van der Waals surface area contributed by atoms with Gasteiger partial charge in [-0.2, -0.15) is 23.1 Å². The Morgan fingerprint density at radius 1 is 1.04 bits per heavy atom. The Kier molecular flexibility index (Phi) is 5.07. The van der Waals surface area contributed by atoms with E-state index in [4.69, 9.17) is 9.47 Å². The standard InChI is InChI=1S/C14H13F3N4O3/c1-23-10-7-11(24-2)20-12(19-10)21-13(22)18-9-5-3-4-8(6-9)14(15,16)17/h3-7H,1-2H3,(H2,18,19,20,21,22). The van der Waals surface area contributed by atoms with Gasteiger partial charge in [0.1, 0.15) is 0 Å². The number of hydrogen-bond donors (Lipinski definition) is 2. The summed E-state index contributed by atoms with van der Waals surface area (Å²) in [6.07, 6.45) is -4.50. The molecule has 0 saturated carbocycles. The number of carbonyl (C=O) groups is 1. The van der Waals surface area contributed by atoms with Gasteiger partial charge in [0.25, 0.3) is 0 Å². The van der Waals surface area contributed by atoms with Crippen LogP contribution in [0.25, 0.3) is 0 Å². The topological polar surface area (TPSA) is 85.4 Å². The van der Waals surface area contributed by atoms with Crippen molar-refractivity contribution in [3.8, 4) is 11.8 Å². The van der Waals surface area contributed by atoms with Crippen LogP contribution in [0.15, 0.2) is 30.3 Å². The molecule has 1 aromatic carbocycles. The third kappa shape index (κ3) is 4.48. The minimum Gasteiger partial charge on any atom is -0.481 e. The summed E-state index contributed by atoms with van der Waals surface area (Å²) in [7, 11) is 2.74. The second-order valence-electron chi connectivity index (χ2n) is 4.43. The van der Waals surface area contributed by atoms with E-state index in [-0.39, 0.29) is 23.4 Å². The number of hydrogen-bond acceptors (Lipinski definition) is 5. The van der Waals surface area contributed by atoms with Crippen LogP contribution in [0.4, 0.5) is 29.6 Å². The Hall–Kier alpha value is -3.04. The van der Waals surface area contributed by atoms with Crippen molar-refractivity contribution in [2.75, 3.05) is 24.9 Å².